The number of rotatable bonds is 6. The first-order valence-corrected chi connectivity index (χ1v) is 8.50. The van der Waals surface area contributed by atoms with Crippen LogP contribution in [0.4, 0.5) is 27.6 Å². The molecule has 27 heavy (non-hydrogen) atoms. The first kappa shape index (κ1) is 21.4. The summed E-state index contributed by atoms with van der Waals surface area (Å²) in [6.45, 7) is -1.69. The summed E-state index contributed by atoms with van der Waals surface area (Å²) in [5, 5.41) is 5.80. The molecule has 1 aromatic carbocycles. The summed E-state index contributed by atoms with van der Waals surface area (Å²) < 4.78 is 67.9. The van der Waals surface area contributed by atoms with E-state index in [0.717, 1.165) is 10.7 Å². The van der Waals surface area contributed by atoms with Gasteiger partial charge in [-0.15, -0.1) is 0 Å². The maximum absolute atomic E-state index is 12.8. The van der Waals surface area contributed by atoms with Crippen molar-refractivity contribution < 1.29 is 31.5 Å². The smallest absolute Gasteiger partial charge is 0.433 e. The number of hydrogen-bond donors (Lipinski definition) is 1. The number of benzene rings is 1. The average molecular weight is 477 g/mol. The second-order valence-electron chi connectivity index (χ2n) is 5.29. The molecule has 0 aliphatic rings. The van der Waals surface area contributed by atoms with E-state index in [1.165, 1.54) is 19.1 Å². The molecule has 0 saturated carbocycles. The van der Waals surface area contributed by atoms with Crippen molar-refractivity contribution in [3.05, 3.63) is 39.1 Å². The first-order valence-electron chi connectivity index (χ1n) is 7.33. The van der Waals surface area contributed by atoms with Crippen LogP contribution in [-0.4, -0.2) is 22.3 Å². The number of ether oxygens (including phenoxy) is 1. The highest BCUT2D eigenvalue weighted by Crippen LogP contribution is 2.35. The Bertz CT molecular complexity index is 842. The molecule has 148 valence electrons. The van der Waals surface area contributed by atoms with E-state index in [-0.39, 0.29) is 39.6 Å². The molecule has 0 fully saturated rings. The van der Waals surface area contributed by atoms with Gasteiger partial charge < -0.3 is 10.1 Å². The van der Waals surface area contributed by atoms with Crippen molar-refractivity contribution >= 4 is 39.1 Å². The number of hydrogen-bond acceptors (Lipinski definition) is 3. The lowest BCUT2D eigenvalue weighted by Gasteiger charge is -2.10. The van der Waals surface area contributed by atoms with Crippen molar-refractivity contribution in [3.63, 3.8) is 0 Å². The molecule has 0 aliphatic carbocycles. The van der Waals surface area contributed by atoms with Crippen LogP contribution in [0.15, 0.2) is 22.7 Å². The second-order valence-corrected chi connectivity index (χ2v) is 6.49. The van der Waals surface area contributed by atoms with Crippen molar-refractivity contribution in [1.82, 2.24) is 9.78 Å². The van der Waals surface area contributed by atoms with Gasteiger partial charge in [-0.3, -0.25) is 9.48 Å². The summed E-state index contributed by atoms with van der Waals surface area (Å²) in [6, 6.07) is 3.68. The molecule has 12 heteroatoms. The Kier molecular flexibility index (Phi) is 6.68. The van der Waals surface area contributed by atoms with Crippen LogP contribution in [0.1, 0.15) is 17.8 Å². The minimum atomic E-state index is -4.62. The van der Waals surface area contributed by atoms with E-state index < -0.39 is 24.4 Å². The Hall–Kier alpha value is -1.88. The molecular formula is C15H12BrClF5N3O2. The van der Waals surface area contributed by atoms with Gasteiger partial charge in [-0.05, 0) is 41.1 Å². The Morgan fingerprint density at radius 2 is 2.07 bits per heavy atom. The second kappa shape index (κ2) is 8.42. The van der Waals surface area contributed by atoms with E-state index in [1.807, 2.05) is 0 Å². The summed E-state index contributed by atoms with van der Waals surface area (Å²) >= 11 is 8.62. The fourth-order valence-corrected chi connectivity index (χ4v) is 2.86. The fourth-order valence-electron chi connectivity index (χ4n) is 2.12. The van der Waals surface area contributed by atoms with Gasteiger partial charge in [0.2, 0.25) is 5.91 Å². The van der Waals surface area contributed by atoms with Crippen LogP contribution in [0, 0.1) is 6.92 Å². The summed E-state index contributed by atoms with van der Waals surface area (Å²) in [4.78, 5) is 12.0. The van der Waals surface area contributed by atoms with Gasteiger partial charge in [-0.2, -0.15) is 27.1 Å². The molecular weight excluding hydrogens is 465 g/mol. The lowest BCUT2D eigenvalue weighted by atomic mass is 10.3. The summed E-state index contributed by atoms with van der Waals surface area (Å²) in [7, 11) is 0. The van der Waals surface area contributed by atoms with Crippen molar-refractivity contribution in [2.75, 3.05) is 5.32 Å². The van der Waals surface area contributed by atoms with Gasteiger partial charge in [-0.25, -0.2) is 0 Å². The number of aryl methyl sites for hydroxylation is 1. The van der Waals surface area contributed by atoms with E-state index in [9.17, 15) is 26.7 Å². The maximum atomic E-state index is 12.8. The highest BCUT2D eigenvalue weighted by Gasteiger charge is 2.37. The number of carbonyl (C=O) groups excluding carboxylic acids is 1. The van der Waals surface area contributed by atoms with Crippen molar-refractivity contribution in [2.24, 2.45) is 0 Å². The molecule has 0 saturated heterocycles. The third-order valence-electron chi connectivity index (χ3n) is 3.38. The molecule has 1 aromatic heterocycles. The lowest BCUT2D eigenvalue weighted by molar-refractivity contribution is -0.142. The SMILES string of the molecule is Cc1c(Br)c(C(F)(F)F)nn1CCC(=O)Nc1ccc(OC(F)F)c(Cl)c1. The van der Waals surface area contributed by atoms with Gasteiger partial charge in [0.1, 0.15) is 5.75 Å². The molecule has 0 aliphatic heterocycles. The van der Waals surface area contributed by atoms with Crippen LogP contribution in [0.25, 0.3) is 0 Å². The van der Waals surface area contributed by atoms with Crippen molar-refractivity contribution in [2.45, 2.75) is 32.7 Å². The lowest BCUT2D eigenvalue weighted by Crippen LogP contribution is -2.16. The van der Waals surface area contributed by atoms with Crippen LogP contribution >= 0.6 is 27.5 Å². The predicted molar refractivity (Wildman–Crippen MR) is 91.0 cm³/mol. The number of carbonyl (C=O) groups is 1. The Labute approximate surface area is 163 Å². The first-order chi connectivity index (χ1) is 12.5. The molecule has 2 aromatic rings. The molecule has 0 bridgehead atoms. The monoisotopic (exact) mass is 475 g/mol. The molecule has 1 N–H and O–H groups in total. The largest absolute Gasteiger partial charge is 0.436 e. The zero-order valence-corrected chi connectivity index (χ0v) is 15.9. The summed E-state index contributed by atoms with van der Waals surface area (Å²) in [5.41, 5.74) is -0.616. The number of amides is 1. The highest BCUT2D eigenvalue weighted by atomic mass is 79.9. The van der Waals surface area contributed by atoms with Gasteiger partial charge in [-0.1, -0.05) is 11.6 Å². The van der Waals surface area contributed by atoms with Crippen LogP contribution in [0.5, 0.6) is 5.75 Å². The van der Waals surface area contributed by atoms with E-state index in [1.54, 1.807) is 0 Å². The number of halogens is 7. The third kappa shape index (κ3) is 5.55. The summed E-state index contributed by atoms with van der Waals surface area (Å²) in [6.07, 6.45) is -4.78. The Morgan fingerprint density at radius 3 is 2.59 bits per heavy atom. The third-order valence-corrected chi connectivity index (χ3v) is 4.63. The molecule has 2 rings (SSSR count). The molecule has 1 amide bonds. The van der Waals surface area contributed by atoms with Gasteiger partial charge in [0.15, 0.2) is 5.69 Å². The zero-order chi connectivity index (χ0) is 20.4. The van der Waals surface area contributed by atoms with Crippen LogP contribution in [0.2, 0.25) is 5.02 Å². The average Bonchev–Trinajstić information content (AvgIpc) is 2.83. The quantitative estimate of drug-likeness (QED) is 0.579. The zero-order valence-electron chi connectivity index (χ0n) is 13.6. The number of alkyl halides is 5. The van der Waals surface area contributed by atoms with Crippen molar-refractivity contribution in [3.8, 4) is 5.75 Å². The molecule has 1 heterocycles. The van der Waals surface area contributed by atoms with Gasteiger partial charge in [0, 0.05) is 12.1 Å². The minimum Gasteiger partial charge on any atom is -0.433 e. The van der Waals surface area contributed by atoms with E-state index in [4.69, 9.17) is 11.6 Å². The normalized spacial score (nSPS) is 11.7. The van der Waals surface area contributed by atoms with Crippen molar-refractivity contribution in [1.29, 1.82) is 0 Å². The topological polar surface area (TPSA) is 56.2 Å². The maximum Gasteiger partial charge on any atom is 0.436 e. The molecule has 0 unspecified atom stereocenters. The van der Waals surface area contributed by atoms with E-state index in [2.05, 4.69) is 31.1 Å². The van der Waals surface area contributed by atoms with Crippen LogP contribution in [0.3, 0.4) is 0 Å². The number of anilines is 1. The number of nitrogens with one attached hydrogen (secondary N) is 1. The standard InChI is InChI=1S/C15H12BrClF5N3O2/c1-7-12(16)13(15(20,21)22)24-25(7)5-4-11(26)23-8-2-3-10(9(17)6-8)27-14(18)19/h2-3,6,14H,4-5H2,1H3,(H,23,26). The molecule has 0 radical (unpaired) electrons. The molecule has 0 atom stereocenters. The van der Waals surface area contributed by atoms with Gasteiger partial charge in [0.25, 0.3) is 0 Å². The molecule has 0 spiro atoms. The minimum absolute atomic E-state index is 0.0906. The highest BCUT2D eigenvalue weighted by molar-refractivity contribution is 9.10. The Balaban J connectivity index is 2.00. The van der Waals surface area contributed by atoms with E-state index >= 15 is 0 Å². The number of nitrogens with zero attached hydrogens (tertiary/aromatic N) is 2. The van der Waals surface area contributed by atoms with Crippen LogP contribution < -0.4 is 10.1 Å². The van der Waals surface area contributed by atoms with E-state index in [0.29, 0.717) is 0 Å². The molecule has 5 nitrogen and oxygen atoms in total. The fraction of sp³-hybridized carbons (Fsp3) is 0.333. The van der Waals surface area contributed by atoms with Gasteiger partial charge in [0.05, 0.1) is 21.7 Å². The Morgan fingerprint density at radius 1 is 1.41 bits per heavy atom. The van der Waals surface area contributed by atoms with Gasteiger partial charge >= 0.3 is 12.8 Å². The summed E-state index contributed by atoms with van der Waals surface area (Å²) in [5.74, 6) is -0.769. The number of aromatic nitrogens is 2. The van der Waals surface area contributed by atoms with Crippen LogP contribution in [-0.2, 0) is 17.5 Å². The predicted octanol–water partition coefficient (Wildman–Crippen LogP) is 5.26.